The summed E-state index contributed by atoms with van der Waals surface area (Å²) >= 11 is 0. The highest BCUT2D eigenvalue weighted by Crippen LogP contribution is 2.28. The monoisotopic (exact) mass is 213 g/mol. The molecule has 0 aromatic rings. The van der Waals surface area contributed by atoms with E-state index in [1.54, 1.807) is 0 Å². The molecular formula is C12H27N3. The Kier molecular flexibility index (Phi) is 5.03. The molecule has 0 atom stereocenters. The van der Waals surface area contributed by atoms with Crippen molar-refractivity contribution in [2.45, 2.75) is 20.3 Å². The predicted molar refractivity (Wildman–Crippen MR) is 66.3 cm³/mol. The van der Waals surface area contributed by atoms with Gasteiger partial charge in [-0.2, -0.15) is 0 Å². The van der Waals surface area contributed by atoms with Crippen molar-refractivity contribution < 1.29 is 0 Å². The molecule has 0 unspecified atom stereocenters. The maximum atomic E-state index is 3.49. The number of hydrogen-bond acceptors (Lipinski definition) is 3. The minimum atomic E-state index is 0.545. The van der Waals surface area contributed by atoms with Crippen LogP contribution in [0.15, 0.2) is 0 Å². The SMILES string of the molecule is CN(C)CCNCCN1CCC(C)(C)C1. The summed E-state index contributed by atoms with van der Waals surface area (Å²) in [5.41, 5.74) is 0.545. The number of rotatable bonds is 6. The molecule has 3 heteroatoms. The fraction of sp³-hybridized carbons (Fsp3) is 1.00. The van der Waals surface area contributed by atoms with Crippen LogP contribution in [0.2, 0.25) is 0 Å². The Morgan fingerprint density at radius 2 is 2.00 bits per heavy atom. The van der Waals surface area contributed by atoms with E-state index in [4.69, 9.17) is 0 Å². The average molecular weight is 213 g/mol. The third kappa shape index (κ3) is 5.50. The largest absolute Gasteiger partial charge is 0.314 e. The van der Waals surface area contributed by atoms with Crippen LogP contribution in [0.1, 0.15) is 20.3 Å². The standard InChI is InChI=1S/C12H27N3/c1-12(2)5-8-15(11-12)10-7-13-6-9-14(3)4/h13H,5-11H2,1-4H3. The van der Waals surface area contributed by atoms with E-state index < -0.39 is 0 Å². The summed E-state index contributed by atoms with van der Waals surface area (Å²) in [6.45, 7) is 11.8. The van der Waals surface area contributed by atoms with Crippen molar-refractivity contribution in [3.8, 4) is 0 Å². The molecule has 1 aliphatic heterocycles. The van der Waals surface area contributed by atoms with E-state index in [9.17, 15) is 0 Å². The van der Waals surface area contributed by atoms with Gasteiger partial charge in [0.05, 0.1) is 0 Å². The van der Waals surface area contributed by atoms with Gasteiger partial charge in [0, 0.05) is 32.7 Å². The van der Waals surface area contributed by atoms with Gasteiger partial charge in [-0.3, -0.25) is 0 Å². The predicted octanol–water partition coefficient (Wildman–Crippen LogP) is 0.870. The molecule has 0 saturated carbocycles. The Labute approximate surface area is 94.8 Å². The Hall–Kier alpha value is -0.120. The quantitative estimate of drug-likeness (QED) is 0.661. The van der Waals surface area contributed by atoms with E-state index in [0.29, 0.717) is 5.41 Å². The Bertz CT molecular complexity index is 178. The highest BCUT2D eigenvalue weighted by Gasteiger charge is 2.28. The molecule has 0 aromatic carbocycles. The maximum absolute atomic E-state index is 3.49. The van der Waals surface area contributed by atoms with Gasteiger partial charge in [-0.25, -0.2) is 0 Å². The molecule has 0 radical (unpaired) electrons. The zero-order chi connectivity index (χ0) is 11.3. The minimum absolute atomic E-state index is 0.545. The van der Waals surface area contributed by atoms with Gasteiger partial charge in [-0.15, -0.1) is 0 Å². The molecule has 1 heterocycles. The summed E-state index contributed by atoms with van der Waals surface area (Å²) in [7, 11) is 4.23. The van der Waals surface area contributed by atoms with Gasteiger partial charge in [0.2, 0.25) is 0 Å². The van der Waals surface area contributed by atoms with Crippen molar-refractivity contribution in [1.29, 1.82) is 0 Å². The first kappa shape index (κ1) is 12.9. The van der Waals surface area contributed by atoms with Gasteiger partial charge in [0.1, 0.15) is 0 Å². The second kappa shape index (κ2) is 5.83. The number of nitrogens with one attached hydrogen (secondary N) is 1. The van der Waals surface area contributed by atoms with E-state index in [0.717, 1.165) is 19.6 Å². The Morgan fingerprint density at radius 1 is 1.27 bits per heavy atom. The fourth-order valence-corrected chi connectivity index (χ4v) is 2.08. The van der Waals surface area contributed by atoms with Gasteiger partial charge >= 0.3 is 0 Å². The molecule has 1 aliphatic rings. The first-order valence-electron chi connectivity index (χ1n) is 6.07. The second-order valence-electron chi connectivity index (χ2n) is 5.74. The smallest absolute Gasteiger partial charge is 0.0107 e. The second-order valence-corrected chi connectivity index (χ2v) is 5.74. The molecule has 1 N–H and O–H groups in total. The summed E-state index contributed by atoms with van der Waals surface area (Å²) in [6.07, 6.45) is 1.35. The molecule has 0 amide bonds. The van der Waals surface area contributed by atoms with Crippen LogP contribution in [-0.4, -0.2) is 63.2 Å². The topological polar surface area (TPSA) is 18.5 Å². The molecule has 15 heavy (non-hydrogen) atoms. The summed E-state index contributed by atoms with van der Waals surface area (Å²) < 4.78 is 0. The first-order valence-corrected chi connectivity index (χ1v) is 6.07. The van der Waals surface area contributed by atoms with Crippen molar-refractivity contribution in [2.75, 3.05) is 53.4 Å². The van der Waals surface area contributed by atoms with E-state index in [2.05, 4.69) is 43.1 Å². The Balaban J connectivity index is 1.97. The minimum Gasteiger partial charge on any atom is -0.314 e. The maximum Gasteiger partial charge on any atom is 0.0107 e. The van der Waals surface area contributed by atoms with Crippen LogP contribution < -0.4 is 5.32 Å². The molecule has 1 rings (SSSR count). The van der Waals surface area contributed by atoms with Crippen molar-refractivity contribution in [3.63, 3.8) is 0 Å². The molecule has 90 valence electrons. The van der Waals surface area contributed by atoms with Crippen LogP contribution in [0, 0.1) is 5.41 Å². The summed E-state index contributed by atoms with van der Waals surface area (Å²) in [6, 6.07) is 0. The van der Waals surface area contributed by atoms with Gasteiger partial charge in [0.15, 0.2) is 0 Å². The van der Waals surface area contributed by atoms with Crippen LogP contribution >= 0.6 is 0 Å². The molecule has 0 aliphatic carbocycles. The van der Waals surface area contributed by atoms with E-state index in [1.165, 1.54) is 26.1 Å². The van der Waals surface area contributed by atoms with Gasteiger partial charge in [-0.05, 0) is 32.5 Å². The highest BCUT2D eigenvalue weighted by atomic mass is 15.2. The normalized spacial score (nSPS) is 21.4. The molecule has 1 saturated heterocycles. The van der Waals surface area contributed by atoms with Crippen LogP contribution in [0.3, 0.4) is 0 Å². The van der Waals surface area contributed by atoms with Crippen molar-refractivity contribution >= 4 is 0 Å². The fourth-order valence-electron chi connectivity index (χ4n) is 2.08. The molecule has 0 spiro atoms. The van der Waals surface area contributed by atoms with Crippen LogP contribution in [0.25, 0.3) is 0 Å². The lowest BCUT2D eigenvalue weighted by molar-refractivity contribution is 0.288. The Morgan fingerprint density at radius 3 is 2.53 bits per heavy atom. The lowest BCUT2D eigenvalue weighted by Gasteiger charge is -2.20. The number of likely N-dealkylation sites (tertiary alicyclic amines) is 1. The van der Waals surface area contributed by atoms with E-state index >= 15 is 0 Å². The molecule has 0 aromatic heterocycles. The van der Waals surface area contributed by atoms with Crippen LogP contribution in [0.4, 0.5) is 0 Å². The van der Waals surface area contributed by atoms with Gasteiger partial charge < -0.3 is 15.1 Å². The summed E-state index contributed by atoms with van der Waals surface area (Å²) in [5.74, 6) is 0. The lowest BCUT2D eigenvalue weighted by atomic mass is 9.93. The van der Waals surface area contributed by atoms with E-state index in [-0.39, 0.29) is 0 Å². The van der Waals surface area contributed by atoms with Crippen molar-refractivity contribution in [1.82, 2.24) is 15.1 Å². The summed E-state index contributed by atoms with van der Waals surface area (Å²) in [5, 5.41) is 3.49. The molecular weight excluding hydrogens is 186 g/mol. The zero-order valence-electron chi connectivity index (χ0n) is 10.8. The van der Waals surface area contributed by atoms with Crippen molar-refractivity contribution in [3.05, 3.63) is 0 Å². The molecule has 1 fully saturated rings. The number of likely N-dealkylation sites (N-methyl/N-ethyl adjacent to an activating group) is 1. The number of nitrogens with zero attached hydrogens (tertiary/aromatic N) is 2. The van der Waals surface area contributed by atoms with Gasteiger partial charge in [0.25, 0.3) is 0 Å². The number of hydrogen-bond donors (Lipinski definition) is 1. The van der Waals surface area contributed by atoms with Crippen LogP contribution in [-0.2, 0) is 0 Å². The third-order valence-corrected chi connectivity index (χ3v) is 3.10. The first-order chi connectivity index (χ1) is 6.99. The summed E-state index contributed by atoms with van der Waals surface area (Å²) in [4.78, 5) is 4.79. The molecule has 0 bridgehead atoms. The third-order valence-electron chi connectivity index (χ3n) is 3.10. The molecule has 3 nitrogen and oxygen atoms in total. The van der Waals surface area contributed by atoms with Crippen molar-refractivity contribution in [2.24, 2.45) is 5.41 Å². The highest BCUT2D eigenvalue weighted by molar-refractivity contribution is 4.82. The van der Waals surface area contributed by atoms with E-state index in [1.807, 2.05) is 0 Å². The zero-order valence-corrected chi connectivity index (χ0v) is 10.8. The van der Waals surface area contributed by atoms with Crippen LogP contribution in [0.5, 0.6) is 0 Å². The lowest BCUT2D eigenvalue weighted by Crippen LogP contribution is -2.34. The average Bonchev–Trinajstić information content (AvgIpc) is 2.44. The van der Waals surface area contributed by atoms with Gasteiger partial charge in [-0.1, -0.05) is 13.8 Å².